The number of hydrogen-bond donors (Lipinski definition) is 2. The van der Waals surface area contributed by atoms with Gasteiger partial charge in [0.05, 0.1) is 6.20 Å². The first-order valence-corrected chi connectivity index (χ1v) is 2.58. The molecule has 1 heterocycles. The smallest absolute Gasteiger partial charge is 0.354 e. The minimum atomic E-state index is -1.10. The van der Waals surface area contributed by atoms with Crippen molar-refractivity contribution in [3.8, 4) is 5.75 Å². The van der Waals surface area contributed by atoms with E-state index in [1.165, 1.54) is 12.1 Å². The first kappa shape index (κ1) is 10.0. The van der Waals surface area contributed by atoms with E-state index in [4.69, 9.17) is 10.2 Å². The van der Waals surface area contributed by atoms with Gasteiger partial charge in [-0.1, -0.05) is 0 Å². The van der Waals surface area contributed by atoms with E-state index in [0.717, 1.165) is 6.20 Å². The first-order valence-electron chi connectivity index (χ1n) is 2.58. The van der Waals surface area contributed by atoms with Crippen LogP contribution < -0.4 is 0 Å². The van der Waals surface area contributed by atoms with E-state index in [1.54, 1.807) is 0 Å². The summed E-state index contributed by atoms with van der Waals surface area (Å²) in [6.07, 6.45) is 1.09. The van der Waals surface area contributed by atoms with Gasteiger partial charge in [0.1, 0.15) is 11.4 Å². The molecule has 5 heteroatoms. The maximum absolute atomic E-state index is 10.2. The quantitative estimate of drug-likeness (QED) is 0.653. The molecule has 0 aliphatic heterocycles. The number of hydrogen-bond acceptors (Lipinski definition) is 3. The third-order valence-electron chi connectivity index (χ3n) is 0.967. The van der Waals surface area contributed by atoms with Crippen molar-refractivity contribution in [1.82, 2.24) is 4.98 Å². The van der Waals surface area contributed by atoms with E-state index in [1.807, 2.05) is 0 Å². The van der Waals surface area contributed by atoms with Gasteiger partial charge in [-0.3, -0.25) is 0 Å². The number of aromatic hydroxyl groups is 1. The van der Waals surface area contributed by atoms with Crippen LogP contribution >= 0.6 is 0 Å². The largest absolute Gasteiger partial charge is 0.506 e. The zero-order valence-electron chi connectivity index (χ0n) is 5.69. The number of aromatic nitrogens is 1. The van der Waals surface area contributed by atoms with Crippen LogP contribution in [0.3, 0.4) is 0 Å². The molecule has 0 fully saturated rings. The fourth-order valence-corrected chi connectivity index (χ4v) is 0.513. The molecule has 0 aromatic carbocycles. The predicted molar refractivity (Wildman–Crippen MR) is 32.9 cm³/mol. The minimum absolute atomic E-state index is 0. The summed E-state index contributed by atoms with van der Waals surface area (Å²) in [6.45, 7) is 0. The zero-order chi connectivity index (χ0) is 7.56. The van der Waals surface area contributed by atoms with Gasteiger partial charge in [-0.15, -0.1) is 0 Å². The van der Waals surface area contributed by atoms with E-state index in [0.29, 0.717) is 0 Å². The molecule has 0 radical (unpaired) electrons. The molecule has 54 valence electrons. The van der Waals surface area contributed by atoms with Crippen LogP contribution in [0.4, 0.5) is 0 Å². The predicted octanol–water partition coefficient (Wildman–Crippen LogP) is 0.483. The van der Waals surface area contributed by atoms with Crippen molar-refractivity contribution in [1.29, 1.82) is 0 Å². The molecule has 4 nitrogen and oxygen atoms in total. The summed E-state index contributed by atoms with van der Waals surface area (Å²) < 4.78 is 0. The van der Waals surface area contributed by atoms with Crippen LogP contribution in [0.25, 0.3) is 0 Å². The Hall–Kier alpha value is -0.957. The molecule has 11 heavy (non-hydrogen) atoms. The van der Waals surface area contributed by atoms with E-state index in [-0.39, 0.29) is 30.9 Å². The molecule has 0 aliphatic rings. The number of aromatic carboxylic acids is 1. The van der Waals surface area contributed by atoms with Crippen molar-refractivity contribution in [2.45, 2.75) is 0 Å². The van der Waals surface area contributed by atoms with E-state index < -0.39 is 5.97 Å². The summed E-state index contributed by atoms with van der Waals surface area (Å²) in [6, 6.07) is 2.51. The fraction of sp³-hybridized carbons (Fsp3) is 0. The average molecular weight is 204 g/mol. The standard InChI is InChI=1S/C6H5NO3.Zn/c8-4-1-2-5(6(9)10)7-3-4;/h1-3,8H,(H,9,10);. The Morgan fingerprint density at radius 1 is 1.45 bits per heavy atom. The van der Waals surface area contributed by atoms with Crippen molar-refractivity contribution in [3.05, 3.63) is 24.0 Å². The van der Waals surface area contributed by atoms with Crippen LogP contribution in [0, 0.1) is 0 Å². The summed E-state index contributed by atoms with van der Waals surface area (Å²) >= 11 is 0. The monoisotopic (exact) mass is 203 g/mol. The Morgan fingerprint density at radius 3 is 2.45 bits per heavy atom. The van der Waals surface area contributed by atoms with Gasteiger partial charge in [-0.25, -0.2) is 9.78 Å². The molecular weight excluding hydrogens is 199 g/mol. The molecule has 0 aliphatic carbocycles. The molecule has 1 aromatic heterocycles. The molecule has 0 amide bonds. The number of carbonyl (C=O) groups is 1. The molecule has 1 aromatic rings. The van der Waals surface area contributed by atoms with Crippen molar-refractivity contribution in [3.63, 3.8) is 0 Å². The summed E-state index contributed by atoms with van der Waals surface area (Å²) in [5, 5.41) is 17.0. The van der Waals surface area contributed by atoms with Crippen LogP contribution in [-0.4, -0.2) is 21.2 Å². The molecule has 0 atom stereocenters. The number of nitrogens with zero attached hydrogens (tertiary/aromatic N) is 1. The minimum Gasteiger partial charge on any atom is -0.506 e. The molecule has 2 N–H and O–H groups in total. The number of carboxylic acids is 1. The molecule has 1 rings (SSSR count). The Morgan fingerprint density at radius 2 is 2.09 bits per heavy atom. The van der Waals surface area contributed by atoms with Crippen LogP contribution in [0.2, 0.25) is 0 Å². The third kappa shape index (κ3) is 2.64. The Balaban J connectivity index is 0.000001000. The maximum Gasteiger partial charge on any atom is 0.354 e. The van der Waals surface area contributed by atoms with Gasteiger partial charge in [0.25, 0.3) is 0 Å². The SMILES string of the molecule is O=C(O)c1ccc(O)cn1.[Zn]. The fourth-order valence-electron chi connectivity index (χ4n) is 0.513. The van der Waals surface area contributed by atoms with Crippen LogP contribution in [0.5, 0.6) is 5.75 Å². The number of pyridine rings is 1. The van der Waals surface area contributed by atoms with Crippen LogP contribution in [0.15, 0.2) is 18.3 Å². The van der Waals surface area contributed by atoms with Gasteiger partial charge in [-0.05, 0) is 12.1 Å². The van der Waals surface area contributed by atoms with Crippen LogP contribution in [-0.2, 0) is 19.5 Å². The van der Waals surface area contributed by atoms with E-state index in [2.05, 4.69) is 4.98 Å². The third-order valence-corrected chi connectivity index (χ3v) is 0.967. The molecule has 0 spiro atoms. The van der Waals surface area contributed by atoms with Gasteiger partial charge in [0, 0.05) is 19.5 Å². The summed E-state index contributed by atoms with van der Waals surface area (Å²) in [5.41, 5.74) is -0.0715. The van der Waals surface area contributed by atoms with E-state index in [9.17, 15) is 4.79 Å². The van der Waals surface area contributed by atoms with Crippen molar-refractivity contribution < 1.29 is 34.5 Å². The molecule has 0 saturated carbocycles. The molecule has 0 saturated heterocycles. The summed E-state index contributed by atoms with van der Waals surface area (Å²) in [5.74, 6) is -1.13. The second-order valence-electron chi connectivity index (χ2n) is 1.71. The Kier molecular flexibility index (Phi) is 3.68. The molecule has 0 bridgehead atoms. The second-order valence-corrected chi connectivity index (χ2v) is 1.71. The Bertz CT molecular complexity index is 247. The van der Waals surface area contributed by atoms with Gasteiger partial charge in [0.2, 0.25) is 0 Å². The van der Waals surface area contributed by atoms with E-state index >= 15 is 0 Å². The molecule has 0 unspecified atom stereocenters. The average Bonchev–Trinajstić information content (AvgIpc) is 1.88. The summed E-state index contributed by atoms with van der Waals surface area (Å²) in [4.78, 5) is 13.6. The Labute approximate surface area is 75.6 Å². The summed E-state index contributed by atoms with van der Waals surface area (Å²) in [7, 11) is 0. The topological polar surface area (TPSA) is 70.4 Å². The van der Waals surface area contributed by atoms with Gasteiger partial charge < -0.3 is 10.2 Å². The zero-order valence-corrected chi connectivity index (χ0v) is 8.66. The van der Waals surface area contributed by atoms with Gasteiger partial charge in [0.15, 0.2) is 0 Å². The maximum atomic E-state index is 10.2. The van der Waals surface area contributed by atoms with Crippen molar-refractivity contribution >= 4 is 5.97 Å². The second kappa shape index (κ2) is 4.03. The van der Waals surface area contributed by atoms with Gasteiger partial charge >= 0.3 is 5.97 Å². The molecular formula is C6H5NO3Zn. The first-order chi connectivity index (χ1) is 4.70. The van der Waals surface area contributed by atoms with Crippen molar-refractivity contribution in [2.24, 2.45) is 0 Å². The van der Waals surface area contributed by atoms with Crippen molar-refractivity contribution in [2.75, 3.05) is 0 Å². The van der Waals surface area contributed by atoms with Crippen LogP contribution in [0.1, 0.15) is 10.5 Å². The number of carboxylic acid groups (broad SMARTS) is 1. The normalized spacial score (nSPS) is 8.36. The number of rotatable bonds is 1. The van der Waals surface area contributed by atoms with Gasteiger partial charge in [-0.2, -0.15) is 0 Å².